The van der Waals surface area contributed by atoms with Crippen LogP contribution in [0.3, 0.4) is 0 Å². The summed E-state index contributed by atoms with van der Waals surface area (Å²) in [5.74, 6) is -0.170. The fraction of sp³-hybridized carbons (Fsp3) is 0.0588. The van der Waals surface area contributed by atoms with Crippen molar-refractivity contribution in [2.45, 2.75) is 6.54 Å². The van der Waals surface area contributed by atoms with Crippen LogP contribution in [0.1, 0.15) is 5.56 Å². The zero-order valence-corrected chi connectivity index (χ0v) is 13.0. The van der Waals surface area contributed by atoms with Crippen molar-refractivity contribution in [3.8, 4) is 5.75 Å². The molecule has 0 saturated heterocycles. The van der Waals surface area contributed by atoms with Gasteiger partial charge >= 0.3 is 0 Å². The Bertz CT molecular complexity index is 933. The standard InChI is InChI=1S/C17H15FN6O/c18-14-9-19-17(22-11-2-1-3-13(25)6-11)23-16(14)21-12-5-4-10-8-20-24-15(10)7-12/h1-7,9,20,24-25H,8H2,(H2,19,21,22,23). The van der Waals surface area contributed by atoms with Crippen molar-refractivity contribution < 1.29 is 9.50 Å². The molecular formula is C17H15FN6O. The molecule has 2 heterocycles. The molecule has 126 valence electrons. The van der Waals surface area contributed by atoms with Crippen LogP contribution in [-0.2, 0) is 6.54 Å². The second kappa shape index (κ2) is 6.25. The Hall–Kier alpha value is -3.39. The number of anilines is 5. The number of nitrogens with one attached hydrogen (secondary N) is 4. The molecule has 8 heteroatoms. The molecule has 3 aromatic rings. The quantitative estimate of drug-likeness (QED) is 0.498. The van der Waals surface area contributed by atoms with Crippen LogP contribution in [0.4, 0.5) is 33.2 Å². The smallest absolute Gasteiger partial charge is 0.229 e. The number of phenols is 1. The van der Waals surface area contributed by atoms with Gasteiger partial charge in [0.15, 0.2) is 11.6 Å². The lowest BCUT2D eigenvalue weighted by atomic mass is 10.2. The molecule has 2 aromatic carbocycles. The van der Waals surface area contributed by atoms with Gasteiger partial charge in [0.25, 0.3) is 0 Å². The van der Waals surface area contributed by atoms with Gasteiger partial charge in [-0.1, -0.05) is 12.1 Å². The van der Waals surface area contributed by atoms with Crippen molar-refractivity contribution in [1.82, 2.24) is 15.4 Å². The molecule has 0 amide bonds. The third kappa shape index (κ3) is 3.29. The van der Waals surface area contributed by atoms with Gasteiger partial charge in [0, 0.05) is 24.0 Å². The summed E-state index contributed by atoms with van der Waals surface area (Å²) in [5.41, 5.74) is 9.45. The molecule has 0 saturated carbocycles. The molecule has 0 bridgehead atoms. The minimum atomic E-state index is -0.562. The van der Waals surface area contributed by atoms with Gasteiger partial charge in [0.05, 0.1) is 11.9 Å². The zero-order valence-electron chi connectivity index (χ0n) is 13.0. The van der Waals surface area contributed by atoms with Crippen molar-refractivity contribution in [1.29, 1.82) is 0 Å². The molecule has 0 aliphatic carbocycles. The Labute approximate surface area is 142 Å². The van der Waals surface area contributed by atoms with Crippen molar-refractivity contribution in [2.24, 2.45) is 0 Å². The minimum Gasteiger partial charge on any atom is -0.508 e. The van der Waals surface area contributed by atoms with Crippen molar-refractivity contribution in [3.63, 3.8) is 0 Å². The number of aromatic hydroxyl groups is 1. The molecular weight excluding hydrogens is 323 g/mol. The van der Waals surface area contributed by atoms with Gasteiger partial charge in [-0.2, -0.15) is 4.98 Å². The molecule has 5 N–H and O–H groups in total. The number of aromatic nitrogens is 2. The second-order valence-electron chi connectivity index (χ2n) is 5.54. The first-order valence-electron chi connectivity index (χ1n) is 7.65. The van der Waals surface area contributed by atoms with Crippen LogP contribution in [0.15, 0.2) is 48.7 Å². The number of rotatable bonds is 4. The van der Waals surface area contributed by atoms with Crippen LogP contribution in [0, 0.1) is 5.82 Å². The highest BCUT2D eigenvalue weighted by atomic mass is 19.1. The first-order chi connectivity index (χ1) is 12.2. The van der Waals surface area contributed by atoms with E-state index in [1.807, 2.05) is 18.2 Å². The molecule has 0 unspecified atom stereocenters. The van der Waals surface area contributed by atoms with Gasteiger partial charge in [0.2, 0.25) is 5.95 Å². The lowest BCUT2D eigenvalue weighted by Gasteiger charge is -2.10. The predicted octanol–water partition coefficient (Wildman–Crippen LogP) is 3.24. The van der Waals surface area contributed by atoms with E-state index in [-0.39, 0.29) is 17.5 Å². The van der Waals surface area contributed by atoms with Crippen LogP contribution >= 0.6 is 0 Å². The van der Waals surface area contributed by atoms with Crippen LogP contribution in [0.2, 0.25) is 0 Å². The maximum atomic E-state index is 14.0. The average Bonchev–Trinajstić information content (AvgIpc) is 3.06. The Morgan fingerprint density at radius 3 is 2.84 bits per heavy atom. The fourth-order valence-electron chi connectivity index (χ4n) is 2.52. The lowest BCUT2D eigenvalue weighted by Crippen LogP contribution is -2.10. The second-order valence-corrected chi connectivity index (χ2v) is 5.54. The predicted molar refractivity (Wildman–Crippen MR) is 93.6 cm³/mol. The molecule has 1 aromatic heterocycles. The summed E-state index contributed by atoms with van der Waals surface area (Å²) in [7, 11) is 0. The summed E-state index contributed by atoms with van der Waals surface area (Å²) >= 11 is 0. The van der Waals surface area contributed by atoms with Crippen LogP contribution in [-0.4, -0.2) is 15.1 Å². The summed E-state index contributed by atoms with van der Waals surface area (Å²) in [5, 5.41) is 15.4. The van der Waals surface area contributed by atoms with Gasteiger partial charge in [-0.15, -0.1) is 0 Å². The Morgan fingerprint density at radius 2 is 1.96 bits per heavy atom. The van der Waals surface area contributed by atoms with E-state index in [1.54, 1.807) is 18.2 Å². The van der Waals surface area contributed by atoms with Crippen LogP contribution in [0.25, 0.3) is 0 Å². The first-order valence-corrected chi connectivity index (χ1v) is 7.65. The number of halogens is 1. The highest BCUT2D eigenvalue weighted by Crippen LogP contribution is 2.27. The molecule has 25 heavy (non-hydrogen) atoms. The zero-order chi connectivity index (χ0) is 17.2. The number of benzene rings is 2. The highest BCUT2D eigenvalue weighted by Gasteiger charge is 2.12. The maximum Gasteiger partial charge on any atom is 0.229 e. The first kappa shape index (κ1) is 15.2. The summed E-state index contributed by atoms with van der Waals surface area (Å²) in [6.45, 7) is 0.746. The van der Waals surface area contributed by atoms with Gasteiger partial charge in [-0.3, -0.25) is 0 Å². The number of hydrazine groups is 1. The van der Waals surface area contributed by atoms with E-state index in [2.05, 4.69) is 31.5 Å². The van der Waals surface area contributed by atoms with Gasteiger partial charge in [-0.05, 0) is 29.8 Å². The number of nitrogens with zero attached hydrogens (tertiary/aromatic N) is 2. The SMILES string of the molecule is Oc1cccc(Nc2ncc(F)c(Nc3ccc4c(c3)NNC4)n2)c1. The number of phenolic OH excluding ortho intramolecular Hbond substituents is 1. The van der Waals surface area contributed by atoms with Gasteiger partial charge in [-0.25, -0.2) is 14.8 Å². The van der Waals surface area contributed by atoms with Crippen molar-refractivity contribution in [3.05, 3.63) is 60.0 Å². The molecule has 0 fully saturated rings. The topological polar surface area (TPSA) is 94.1 Å². The van der Waals surface area contributed by atoms with Crippen LogP contribution < -0.4 is 21.5 Å². The molecule has 0 spiro atoms. The largest absolute Gasteiger partial charge is 0.508 e. The average molecular weight is 338 g/mol. The maximum absolute atomic E-state index is 14.0. The van der Waals surface area contributed by atoms with E-state index in [9.17, 15) is 9.50 Å². The van der Waals surface area contributed by atoms with E-state index >= 15 is 0 Å². The fourth-order valence-corrected chi connectivity index (χ4v) is 2.52. The third-order valence-electron chi connectivity index (χ3n) is 3.72. The van der Waals surface area contributed by atoms with E-state index in [0.29, 0.717) is 11.4 Å². The number of hydrogen-bond donors (Lipinski definition) is 5. The normalized spacial score (nSPS) is 12.4. The molecule has 0 atom stereocenters. The van der Waals surface area contributed by atoms with Gasteiger partial charge < -0.3 is 21.2 Å². The van der Waals surface area contributed by atoms with Crippen LogP contribution in [0.5, 0.6) is 5.75 Å². The third-order valence-corrected chi connectivity index (χ3v) is 3.72. The van der Waals surface area contributed by atoms with E-state index in [0.717, 1.165) is 24.0 Å². The minimum absolute atomic E-state index is 0.0589. The Balaban J connectivity index is 1.57. The Morgan fingerprint density at radius 1 is 1.08 bits per heavy atom. The summed E-state index contributed by atoms with van der Waals surface area (Å²) in [4.78, 5) is 8.08. The van der Waals surface area contributed by atoms with Crippen molar-refractivity contribution in [2.75, 3.05) is 16.1 Å². The molecule has 4 rings (SSSR count). The lowest BCUT2D eigenvalue weighted by molar-refractivity contribution is 0.475. The highest BCUT2D eigenvalue weighted by molar-refractivity contribution is 5.67. The molecule has 0 radical (unpaired) electrons. The molecule has 7 nitrogen and oxygen atoms in total. The number of fused-ring (bicyclic) bond motifs is 1. The summed E-state index contributed by atoms with van der Waals surface area (Å²) in [6.07, 6.45) is 1.09. The molecule has 1 aliphatic rings. The van der Waals surface area contributed by atoms with E-state index in [1.165, 1.54) is 6.07 Å². The van der Waals surface area contributed by atoms with E-state index in [4.69, 9.17) is 0 Å². The monoisotopic (exact) mass is 338 g/mol. The number of hydrogen-bond acceptors (Lipinski definition) is 7. The summed E-state index contributed by atoms with van der Waals surface area (Å²) in [6, 6.07) is 12.2. The summed E-state index contributed by atoms with van der Waals surface area (Å²) < 4.78 is 14.0. The van der Waals surface area contributed by atoms with Crippen molar-refractivity contribution >= 4 is 28.8 Å². The van der Waals surface area contributed by atoms with Gasteiger partial charge in [0.1, 0.15) is 5.75 Å². The Kier molecular flexibility index (Phi) is 3.79. The molecule has 1 aliphatic heterocycles. The van der Waals surface area contributed by atoms with E-state index < -0.39 is 5.82 Å².